The van der Waals surface area contributed by atoms with Crippen molar-refractivity contribution in [3.63, 3.8) is 0 Å². The zero-order valence-corrected chi connectivity index (χ0v) is 27.1. The summed E-state index contributed by atoms with van der Waals surface area (Å²) in [5.41, 5.74) is 0.508. The van der Waals surface area contributed by atoms with Crippen molar-refractivity contribution in [1.82, 2.24) is 15.3 Å². The third-order valence-electron chi connectivity index (χ3n) is 6.56. The lowest BCUT2D eigenvalue weighted by atomic mass is 10.1. The van der Waals surface area contributed by atoms with Gasteiger partial charge in [0.2, 0.25) is 10.4 Å². The van der Waals surface area contributed by atoms with Crippen LogP contribution in [0.2, 0.25) is 0 Å². The first-order valence-electron chi connectivity index (χ1n) is 13.8. The van der Waals surface area contributed by atoms with Gasteiger partial charge in [0.15, 0.2) is 0 Å². The van der Waals surface area contributed by atoms with Crippen LogP contribution < -0.4 is 14.8 Å². The molecule has 1 amide bonds. The smallest absolute Gasteiger partial charge is 0.360 e. The normalized spacial score (nSPS) is 14.0. The monoisotopic (exact) mass is 653 g/mol. The predicted octanol–water partition coefficient (Wildman–Crippen LogP) is 4.61. The van der Waals surface area contributed by atoms with Crippen molar-refractivity contribution < 1.29 is 28.5 Å². The van der Waals surface area contributed by atoms with Gasteiger partial charge in [-0.2, -0.15) is 0 Å². The van der Waals surface area contributed by atoms with Crippen LogP contribution >= 0.6 is 24.4 Å². The molecular formula is C35H31N3O6S2. The molecule has 46 heavy (non-hydrogen) atoms. The number of carbonyl (C=O) groups excluding carboxylic acids is 2. The van der Waals surface area contributed by atoms with Gasteiger partial charge in [0.05, 0.1) is 23.2 Å². The SMILES string of the molecule is C#CCOCC(C)(COC(=O)C(C)(S)Oc1ccc2ncc(C#C)cc2c1)NC(=O)C(Oc1ccc2ncc(C#C)cc2c1)SC. The highest BCUT2D eigenvalue weighted by Gasteiger charge is 2.38. The van der Waals surface area contributed by atoms with E-state index in [-0.39, 0.29) is 19.8 Å². The molecule has 0 radical (unpaired) electrons. The summed E-state index contributed by atoms with van der Waals surface area (Å²) in [5, 5.41) is 4.38. The van der Waals surface area contributed by atoms with Crippen LogP contribution in [0.1, 0.15) is 25.0 Å². The number of aromatic nitrogens is 2. The summed E-state index contributed by atoms with van der Waals surface area (Å²) in [6.07, 6.45) is 21.3. The van der Waals surface area contributed by atoms with Crippen molar-refractivity contribution in [2.45, 2.75) is 29.8 Å². The number of pyridine rings is 2. The van der Waals surface area contributed by atoms with E-state index in [2.05, 4.69) is 45.7 Å². The number of rotatable bonds is 13. The van der Waals surface area contributed by atoms with E-state index in [1.165, 1.54) is 18.7 Å². The van der Waals surface area contributed by atoms with E-state index in [4.69, 9.17) is 38.2 Å². The summed E-state index contributed by atoms with van der Waals surface area (Å²) in [5.74, 6) is 7.00. The number of terminal acetylenes is 3. The number of amides is 1. The molecule has 2 heterocycles. The Hall–Kier alpha value is -4.86. The number of carbonyl (C=O) groups is 2. The maximum Gasteiger partial charge on any atom is 0.360 e. The first-order chi connectivity index (χ1) is 22.0. The molecule has 0 aliphatic heterocycles. The Balaban J connectivity index is 1.44. The average molecular weight is 654 g/mol. The van der Waals surface area contributed by atoms with Crippen molar-refractivity contribution >= 4 is 58.1 Å². The molecule has 4 rings (SSSR count). The van der Waals surface area contributed by atoms with Gasteiger partial charge in [-0.15, -0.1) is 43.7 Å². The van der Waals surface area contributed by atoms with E-state index in [0.29, 0.717) is 28.1 Å². The largest absolute Gasteiger partial charge is 0.470 e. The van der Waals surface area contributed by atoms with Gasteiger partial charge in [-0.3, -0.25) is 14.8 Å². The quantitative estimate of drug-likeness (QED) is 0.0704. The molecule has 9 nitrogen and oxygen atoms in total. The second-order valence-corrected chi connectivity index (χ2v) is 12.3. The maximum absolute atomic E-state index is 13.4. The summed E-state index contributed by atoms with van der Waals surface area (Å²) in [7, 11) is 0. The third kappa shape index (κ3) is 8.65. The van der Waals surface area contributed by atoms with Crippen LogP contribution in [0.4, 0.5) is 0 Å². The minimum atomic E-state index is -1.69. The van der Waals surface area contributed by atoms with Gasteiger partial charge in [-0.05, 0) is 68.6 Å². The van der Waals surface area contributed by atoms with Crippen molar-refractivity contribution in [3.8, 4) is 48.5 Å². The Bertz CT molecular complexity index is 1890. The first-order valence-corrected chi connectivity index (χ1v) is 15.6. The number of ether oxygens (including phenoxy) is 4. The number of thiol groups is 1. The van der Waals surface area contributed by atoms with Crippen LogP contribution in [0.25, 0.3) is 21.8 Å². The summed E-state index contributed by atoms with van der Waals surface area (Å²) in [6.45, 7) is 2.75. The highest BCUT2D eigenvalue weighted by molar-refractivity contribution is 7.99. The van der Waals surface area contributed by atoms with E-state index in [9.17, 15) is 9.59 Å². The van der Waals surface area contributed by atoms with Crippen LogP contribution in [0.3, 0.4) is 0 Å². The molecule has 0 spiro atoms. The third-order valence-corrected chi connectivity index (χ3v) is 7.57. The second kappa shape index (κ2) is 14.9. The van der Waals surface area contributed by atoms with Crippen molar-refractivity contribution in [1.29, 1.82) is 0 Å². The molecule has 0 fully saturated rings. The molecule has 11 heteroatoms. The first kappa shape index (κ1) is 34.0. The number of nitrogens with zero attached hydrogens (tertiary/aromatic N) is 2. The van der Waals surface area contributed by atoms with E-state index in [0.717, 1.165) is 16.3 Å². The number of thioether (sulfide) groups is 1. The molecule has 0 aliphatic carbocycles. The minimum absolute atomic E-state index is 0.0156. The molecule has 0 saturated heterocycles. The standard InChI is InChI=1S/C35H31N3O6S2/c1-7-14-41-21-34(4,38-31(39)32(46-6)43-27-10-12-29-25(17-27)15-23(8-2)19-36-29)22-42-33(40)35(5,45)44-28-11-13-30-26(18-28)16-24(9-3)20-37-30/h1-3,10-13,15-20,32,45H,14,21-22H2,4-6H3,(H,38,39). The Kier molecular flexibility index (Phi) is 11.1. The lowest BCUT2D eigenvalue weighted by molar-refractivity contribution is -0.157. The minimum Gasteiger partial charge on any atom is -0.470 e. The fraction of sp³-hybridized carbons (Fsp3) is 0.257. The van der Waals surface area contributed by atoms with Gasteiger partial charge in [0.1, 0.15) is 24.7 Å². The molecule has 2 aromatic heterocycles. The Labute approximate surface area is 277 Å². The molecule has 2 aromatic carbocycles. The van der Waals surface area contributed by atoms with E-state index >= 15 is 0 Å². The van der Waals surface area contributed by atoms with Crippen LogP contribution in [-0.4, -0.2) is 63.8 Å². The molecule has 0 aliphatic rings. The lowest BCUT2D eigenvalue weighted by Crippen LogP contribution is -2.56. The molecule has 3 atom stereocenters. The van der Waals surface area contributed by atoms with Crippen molar-refractivity contribution in [2.75, 3.05) is 26.1 Å². The summed E-state index contributed by atoms with van der Waals surface area (Å²) in [4.78, 5) is 33.6. The summed E-state index contributed by atoms with van der Waals surface area (Å²) < 4.78 is 23.0. The molecular weight excluding hydrogens is 623 g/mol. The highest BCUT2D eigenvalue weighted by Crippen LogP contribution is 2.28. The molecule has 3 unspecified atom stereocenters. The number of esters is 1. The summed E-state index contributed by atoms with van der Waals surface area (Å²) in [6, 6.07) is 13.9. The number of fused-ring (bicyclic) bond motifs is 2. The van der Waals surface area contributed by atoms with Gasteiger partial charge >= 0.3 is 5.97 Å². The zero-order chi connectivity index (χ0) is 33.3. The predicted molar refractivity (Wildman–Crippen MR) is 182 cm³/mol. The highest BCUT2D eigenvalue weighted by atomic mass is 32.2. The van der Waals surface area contributed by atoms with Crippen LogP contribution in [0.5, 0.6) is 11.5 Å². The Morgan fingerprint density at radius 3 is 2.09 bits per heavy atom. The van der Waals surface area contributed by atoms with Crippen LogP contribution in [0.15, 0.2) is 60.9 Å². The van der Waals surface area contributed by atoms with Gasteiger partial charge in [-0.1, -0.05) is 17.8 Å². The number of benzene rings is 2. The lowest BCUT2D eigenvalue weighted by Gasteiger charge is -2.32. The average Bonchev–Trinajstić information content (AvgIpc) is 3.05. The fourth-order valence-electron chi connectivity index (χ4n) is 4.28. The molecule has 0 bridgehead atoms. The van der Waals surface area contributed by atoms with Crippen LogP contribution in [0, 0.1) is 37.0 Å². The van der Waals surface area contributed by atoms with Crippen LogP contribution in [-0.2, 0) is 19.1 Å². The van der Waals surface area contributed by atoms with Gasteiger partial charge < -0.3 is 24.3 Å². The molecule has 1 N–H and O–H groups in total. The van der Waals surface area contributed by atoms with Crippen molar-refractivity contribution in [2.24, 2.45) is 0 Å². The molecule has 0 saturated carbocycles. The van der Waals surface area contributed by atoms with Gasteiger partial charge in [-0.25, -0.2) is 4.79 Å². The topological polar surface area (TPSA) is 109 Å². The Morgan fingerprint density at radius 1 is 0.935 bits per heavy atom. The fourth-order valence-corrected chi connectivity index (χ4v) is 4.93. The number of nitrogens with one attached hydrogen (secondary N) is 1. The second-order valence-electron chi connectivity index (χ2n) is 10.5. The van der Waals surface area contributed by atoms with Crippen molar-refractivity contribution in [3.05, 3.63) is 72.1 Å². The maximum atomic E-state index is 13.4. The molecule has 4 aromatic rings. The molecule has 234 valence electrons. The number of hydrogen-bond donors (Lipinski definition) is 2. The van der Waals surface area contributed by atoms with E-state index in [1.54, 1.807) is 68.0 Å². The van der Waals surface area contributed by atoms with E-state index < -0.39 is 27.8 Å². The Morgan fingerprint density at radius 2 is 1.52 bits per heavy atom. The van der Waals surface area contributed by atoms with E-state index in [1.807, 2.05) is 6.07 Å². The van der Waals surface area contributed by atoms with Gasteiger partial charge in [0, 0.05) is 34.3 Å². The summed E-state index contributed by atoms with van der Waals surface area (Å²) >= 11 is 5.60. The van der Waals surface area contributed by atoms with Gasteiger partial charge in [0.25, 0.3) is 5.91 Å². The number of hydrogen-bond acceptors (Lipinski definition) is 10. The zero-order valence-electron chi connectivity index (χ0n) is 25.4.